The maximum atomic E-state index is 11.3. The fourth-order valence-corrected chi connectivity index (χ4v) is 2.22. The minimum atomic E-state index is -0.328. The lowest BCUT2D eigenvalue weighted by molar-refractivity contribution is 0.160. The third-order valence-corrected chi connectivity index (χ3v) is 3.10. The number of amides is 2. The number of primary amides is 1. The van der Waals surface area contributed by atoms with Gasteiger partial charge < -0.3 is 10.6 Å². The summed E-state index contributed by atoms with van der Waals surface area (Å²) in [6, 6.07) is 3.79. The zero-order valence-electron chi connectivity index (χ0n) is 9.52. The molecule has 4 heteroatoms. The average Bonchev–Trinajstić information content (AvgIpc) is 2.30. The number of hydrogen-bond donors (Lipinski definition) is 1. The van der Waals surface area contributed by atoms with E-state index in [-0.39, 0.29) is 12.1 Å². The SMILES string of the molecule is Cc1ccc(C2CCCCN2C(N)=O)cn1. The van der Waals surface area contributed by atoms with Crippen molar-refractivity contribution < 1.29 is 4.79 Å². The molecule has 16 heavy (non-hydrogen) atoms. The molecule has 1 fully saturated rings. The molecule has 1 aromatic rings. The van der Waals surface area contributed by atoms with Crippen molar-refractivity contribution in [3.63, 3.8) is 0 Å². The van der Waals surface area contributed by atoms with Gasteiger partial charge in [0.1, 0.15) is 0 Å². The number of hydrogen-bond acceptors (Lipinski definition) is 2. The van der Waals surface area contributed by atoms with E-state index in [1.807, 2.05) is 25.3 Å². The first-order valence-corrected chi connectivity index (χ1v) is 5.67. The summed E-state index contributed by atoms with van der Waals surface area (Å²) < 4.78 is 0. The molecule has 2 amide bonds. The topological polar surface area (TPSA) is 59.2 Å². The number of rotatable bonds is 1. The normalized spacial score (nSPS) is 20.8. The molecule has 0 saturated carbocycles. The van der Waals surface area contributed by atoms with Crippen LogP contribution < -0.4 is 5.73 Å². The Morgan fingerprint density at radius 1 is 1.50 bits per heavy atom. The second kappa shape index (κ2) is 4.51. The Bertz CT molecular complexity index is 374. The van der Waals surface area contributed by atoms with Crippen LogP contribution in [0.3, 0.4) is 0 Å². The third kappa shape index (κ3) is 2.15. The summed E-state index contributed by atoms with van der Waals surface area (Å²) >= 11 is 0. The van der Waals surface area contributed by atoms with E-state index in [1.165, 1.54) is 0 Å². The molecule has 0 radical (unpaired) electrons. The van der Waals surface area contributed by atoms with Crippen molar-refractivity contribution in [3.8, 4) is 0 Å². The maximum absolute atomic E-state index is 11.3. The molecule has 0 spiro atoms. The van der Waals surface area contributed by atoms with Crippen LogP contribution in [0.1, 0.15) is 36.6 Å². The second-order valence-corrected chi connectivity index (χ2v) is 4.28. The molecule has 2 heterocycles. The molecule has 2 rings (SSSR count). The summed E-state index contributed by atoms with van der Waals surface area (Å²) in [7, 11) is 0. The number of pyridine rings is 1. The van der Waals surface area contributed by atoms with Crippen molar-refractivity contribution >= 4 is 6.03 Å². The lowest BCUT2D eigenvalue weighted by Gasteiger charge is -2.34. The van der Waals surface area contributed by atoms with E-state index in [1.54, 1.807) is 4.90 Å². The number of aromatic nitrogens is 1. The molecular formula is C12H17N3O. The van der Waals surface area contributed by atoms with Crippen LogP contribution in [0.25, 0.3) is 0 Å². The monoisotopic (exact) mass is 219 g/mol. The van der Waals surface area contributed by atoms with Gasteiger partial charge in [0.25, 0.3) is 0 Å². The molecule has 1 unspecified atom stereocenters. The van der Waals surface area contributed by atoms with E-state index in [9.17, 15) is 4.79 Å². The number of nitrogens with two attached hydrogens (primary N) is 1. The molecule has 1 aliphatic rings. The van der Waals surface area contributed by atoms with E-state index in [4.69, 9.17) is 5.73 Å². The van der Waals surface area contributed by atoms with Gasteiger partial charge in [0, 0.05) is 18.4 Å². The Hall–Kier alpha value is -1.58. The van der Waals surface area contributed by atoms with E-state index in [2.05, 4.69) is 4.98 Å². The Balaban J connectivity index is 2.23. The molecule has 0 aliphatic carbocycles. The number of aryl methyl sites for hydroxylation is 1. The second-order valence-electron chi connectivity index (χ2n) is 4.28. The zero-order chi connectivity index (χ0) is 11.5. The molecule has 1 aliphatic heterocycles. The number of carbonyl (C=O) groups is 1. The molecule has 1 atom stereocenters. The van der Waals surface area contributed by atoms with Gasteiger partial charge in [-0.15, -0.1) is 0 Å². The number of carbonyl (C=O) groups excluding carboxylic acids is 1. The predicted octanol–water partition coefficient (Wildman–Crippen LogP) is 2.00. The van der Waals surface area contributed by atoms with Gasteiger partial charge in [-0.2, -0.15) is 0 Å². The summed E-state index contributed by atoms with van der Waals surface area (Å²) in [4.78, 5) is 17.3. The lowest BCUT2D eigenvalue weighted by atomic mass is 9.96. The molecule has 1 aromatic heterocycles. The van der Waals surface area contributed by atoms with Crippen LogP contribution in [-0.2, 0) is 0 Å². The van der Waals surface area contributed by atoms with Gasteiger partial charge in [0.2, 0.25) is 0 Å². The van der Waals surface area contributed by atoms with E-state index >= 15 is 0 Å². The Morgan fingerprint density at radius 3 is 2.94 bits per heavy atom. The van der Waals surface area contributed by atoms with Gasteiger partial charge in [-0.3, -0.25) is 4.98 Å². The predicted molar refractivity (Wildman–Crippen MR) is 61.9 cm³/mol. The van der Waals surface area contributed by atoms with E-state index in [0.29, 0.717) is 0 Å². The number of piperidine rings is 1. The summed E-state index contributed by atoms with van der Waals surface area (Å²) in [5, 5.41) is 0. The van der Waals surface area contributed by atoms with Gasteiger partial charge in [-0.1, -0.05) is 6.07 Å². The highest BCUT2D eigenvalue weighted by atomic mass is 16.2. The Morgan fingerprint density at radius 2 is 2.31 bits per heavy atom. The van der Waals surface area contributed by atoms with Crippen molar-refractivity contribution in [2.24, 2.45) is 5.73 Å². The average molecular weight is 219 g/mol. The molecular weight excluding hydrogens is 202 g/mol. The Labute approximate surface area is 95.5 Å². The molecule has 4 nitrogen and oxygen atoms in total. The highest BCUT2D eigenvalue weighted by molar-refractivity contribution is 5.72. The molecule has 86 valence electrons. The minimum absolute atomic E-state index is 0.111. The summed E-state index contributed by atoms with van der Waals surface area (Å²) in [6.07, 6.45) is 5.01. The van der Waals surface area contributed by atoms with Gasteiger partial charge in [0.05, 0.1) is 6.04 Å². The largest absolute Gasteiger partial charge is 0.351 e. The Kier molecular flexibility index (Phi) is 3.08. The number of nitrogens with zero attached hydrogens (tertiary/aromatic N) is 2. The van der Waals surface area contributed by atoms with Crippen molar-refractivity contribution in [2.45, 2.75) is 32.2 Å². The van der Waals surface area contributed by atoms with Crippen molar-refractivity contribution in [2.75, 3.05) is 6.54 Å². The zero-order valence-corrected chi connectivity index (χ0v) is 9.52. The van der Waals surface area contributed by atoms with Gasteiger partial charge in [-0.25, -0.2) is 4.79 Å². The summed E-state index contributed by atoms with van der Waals surface area (Å²) in [5.74, 6) is 0. The lowest BCUT2D eigenvalue weighted by Crippen LogP contribution is -2.41. The van der Waals surface area contributed by atoms with Crippen LogP contribution in [0.15, 0.2) is 18.3 Å². The number of urea groups is 1. The quantitative estimate of drug-likeness (QED) is 0.785. The molecule has 1 saturated heterocycles. The van der Waals surface area contributed by atoms with Gasteiger partial charge in [0.15, 0.2) is 0 Å². The van der Waals surface area contributed by atoms with Crippen LogP contribution >= 0.6 is 0 Å². The van der Waals surface area contributed by atoms with Gasteiger partial charge in [-0.05, 0) is 37.8 Å². The smallest absolute Gasteiger partial charge is 0.315 e. The fourth-order valence-electron chi connectivity index (χ4n) is 2.22. The van der Waals surface area contributed by atoms with E-state index in [0.717, 1.165) is 37.1 Å². The van der Waals surface area contributed by atoms with Crippen LogP contribution in [-0.4, -0.2) is 22.5 Å². The first kappa shape index (κ1) is 10.9. The van der Waals surface area contributed by atoms with Crippen molar-refractivity contribution in [1.29, 1.82) is 0 Å². The fraction of sp³-hybridized carbons (Fsp3) is 0.500. The van der Waals surface area contributed by atoms with Crippen LogP contribution in [0.5, 0.6) is 0 Å². The van der Waals surface area contributed by atoms with Crippen molar-refractivity contribution in [1.82, 2.24) is 9.88 Å². The maximum Gasteiger partial charge on any atom is 0.315 e. The highest BCUT2D eigenvalue weighted by Crippen LogP contribution is 2.30. The first-order chi connectivity index (χ1) is 7.68. The number of likely N-dealkylation sites (tertiary alicyclic amines) is 1. The van der Waals surface area contributed by atoms with Crippen LogP contribution in [0, 0.1) is 6.92 Å². The molecule has 2 N–H and O–H groups in total. The first-order valence-electron chi connectivity index (χ1n) is 5.67. The van der Waals surface area contributed by atoms with Gasteiger partial charge >= 0.3 is 6.03 Å². The summed E-state index contributed by atoms with van der Waals surface area (Å²) in [5.41, 5.74) is 7.47. The molecule has 0 bridgehead atoms. The van der Waals surface area contributed by atoms with Crippen molar-refractivity contribution in [3.05, 3.63) is 29.6 Å². The highest BCUT2D eigenvalue weighted by Gasteiger charge is 2.26. The standard InChI is InChI=1S/C12H17N3O/c1-9-5-6-10(8-14-9)11-4-2-3-7-15(11)12(13)16/h5-6,8,11H,2-4,7H2,1H3,(H2,13,16). The molecule has 0 aromatic carbocycles. The third-order valence-electron chi connectivity index (χ3n) is 3.10. The summed E-state index contributed by atoms with van der Waals surface area (Å²) in [6.45, 7) is 2.71. The van der Waals surface area contributed by atoms with E-state index < -0.39 is 0 Å². The van der Waals surface area contributed by atoms with Crippen LogP contribution in [0.4, 0.5) is 4.79 Å². The van der Waals surface area contributed by atoms with Crippen LogP contribution in [0.2, 0.25) is 0 Å². The minimum Gasteiger partial charge on any atom is -0.351 e.